The first kappa shape index (κ1) is 46.5. The van der Waals surface area contributed by atoms with Crippen molar-refractivity contribution in [2.24, 2.45) is 11.7 Å². The molecule has 0 aromatic rings. The van der Waals surface area contributed by atoms with Crippen LogP contribution in [0.1, 0.15) is 239 Å². The molecule has 0 heterocycles. The maximum Gasteiger partial charge on any atom is 0.145 e. The number of nitrogens with two attached hydrogens (primary N) is 1. The van der Waals surface area contributed by atoms with Crippen LogP contribution in [-0.4, -0.2) is 39.5 Å². The maximum atomic E-state index is 12.8. The van der Waals surface area contributed by atoms with Crippen LogP contribution < -0.4 is 5.73 Å². The van der Waals surface area contributed by atoms with Crippen molar-refractivity contribution in [2.75, 3.05) is 0 Å². The van der Waals surface area contributed by atoms with Gasteiger partial charge in [-0.15, -0.1) is 0 Å². The Kier molecular flexibility index (Phi) is 36.4. The minimum absolute atomic E-state index is 0.0341. The lowest BCUT2D eigenvalue weighted by Gasteiger charge is -2.25. The summed E-state index contributed by atoms with van der Waals surface area (Å²) < 4.78 is 0. The summed E-state index contributed by atoms with van der Waals surface area (Å²) in [6.45, 7) is 4.54. The van der Waals surface area contributed by atoms with Crippen LogP contribution in [-0.2, 0) is 4.79 Å². The number of hydrogen-bond donors (Lipinski definition) is 4. The number of rotatable bonds is 39. The van der Waals surface area contributed by atoms with Crippen molar-refractivity contribution in [3.63, 3.8) is 0 Å². The standard InChI is InChI=1S/C42H85NO4/c1-3-5-7-9-11-13-15-17-18-19-20-21-22-24-25-27-29-31-33-35-38(44)37-40(46)41(42(43)47)39(45)36-34-32-30-28-26-23-16-14-12-10-8-6-4-2/h38-39,41-42,44-45,47H,3-37,43H2,1-2H3. The van der Waals surface area contributed by atoms with Crippen molar-refractivity contribution < 1.29 is 20.1 Å². The molecule has 4 unspecified atom stereocenters. The fourth-order valence-electron chi connectivity index (χ4n) is 7.11. The first-order chi connectivity index (χ1) is 22.9. The van der Waals surface area contributed by atoms with Gasteiger partial charge in [0.15, 0.2) is 0 Å². The van der Waals surface area contributed by atoms with Crippen LogP contribution in [0.2, 0.25) is 0 Å². The molecule has 5 N–H and O–H groups in total. The predicted octanol–water partition coefficient (Wildman–Crippen LogP) is 11.9. The van der Waals surface area contributed by atoms with Gasteiger partial charge in [0.25, 0.3) is 0 Å². The normalized spacial score (nSPS) is 14.3. The van der Waals surface area contributed by atoms with Crippen molar-refractivity contribution in [1.29, 1.82) is 0 Å². The van der Waals surface area contributed by atoms with Crippen LogP contribution >= 0.6 is 0 Å². The average Bonchev–Trinajstić information content (AvgIpc) is 3.04. The van der Waals surface area contributed by atoms with Crippen LogP contribution in [0.15, 0.2) is 0 Å². The average molecular weight is 668 g/mol. The van der Waals surface area contributed by atoms with Gasteiger partial charge < -0.3 is 21.1 Å². The molecule has 5 nitrogen and oxygen atoms in total. The number of hydrogen-bond acceptors (Lipinski definition) is 5. The Hall–Kier alpha value is -0.490. The summed E-state index contributed by atoms with van der Waals surface area (Å²) in [5, 5.41) is 31.1. The van der Waals surface area contributed by atoms with Crippen molar-refractivity contribution in [2.45, 2.75) is 257 Å². The Labute approximate surface area is 294 Å². The molecular weight excluding hydrogens is 582 g/mol. The molecule has 0 spiro atoms. The molecule has 0 aliphatic heterocycles. The summed E-state index contributed by atoms with van der Waals surface area (Å²) in [6, 6.07) is 0. The third kappa shape index (κ3) is 32.5. The summed E-state index contributed by atoms with van der Waals surface area (Å²) in [5.74, 6) is -1.32. The predicted molar refractivity (Wildman–Crippen MR) is 204 cm³/mol. The second-order valence-corrected chi connectivity index (χ2v) is 15.1. The smallest absolute Gasteiger partial charge is 0.145 e. The summed E-state index contributed by atoms with van der Waals surface area (Å²) in [7, 11) is 0. The number of aliphatic hydroxyl groups excluding tert-OH is 3. The van der Waals surface area contributed by atoms with E-state index in [0.29, 0.717) is 12.8 Å². The molecule has 282 valence electrons. The summed E-state index contributed by atoms with van der Waals surface area (Å²) in [5.41, 5.74) is 5.70. The van der Waals surface area contributed by atoms with Gasteiger partial charge in [0, 0.05) is 6.42 Å². The van der Waals surface area contributed by atoms with E-state index in [9.17, 15) is 20.1 Å². The fraction of sp³-hybridized carbons (Fsp3) is 0.976. The number of carbonyl (C=O) groups is 1. The number of unbranched alkanes of at least 4 members (excludes halogenated alkanes) is 30. The van der Waals surface area contributed by atoms with Gasteiger partial charge in [-0.05, 0) is 12.8 Å². The van der Waals surface area contributed by atoms with Crippen LogP contribution in [0.5, 0.6) is 0 Å². The molecule has 0 rings (SSSR count). The Morgan fingerprint density at radius 3 is 0.957 bits per heavy atom. The molecule has 0 aliphatic rings. The van der Waals surface area contributed by atoms with E-state index in [2.05, 4.69) is 13.8 Å². The van der Waals surface area contributed by atoms with Crippen LogP contribution in [0.3, 0.4) is 0 Å². The van der Waals surface area contributed by atoms with E-state index in [4.69, 9.17) is 5.73 Å². The third-order valence-electron chi connectivity index (χ3n) is 10.3. The van der Waals surface area contributed by atoms with E-state index in [1.54, 1.807) is 0 Å². The monoisotopic (exact) mass is 668 g/mol. The van der Waals surface area contributed by atoms with E-state index >= 15 is 0 Å². The Balaban J connectivity index is 3.70. The van der Waals surface area contributed by atoms with Gasteiger partial charge in [-0.2, -0.15) is 0 Å². The molecule has 0 aromatic heterocycles. The van der Waals surface area contributed by atoms with Gasteiger partial charge in [0.05, 0.1) is 18.1 Å². The highest BCUT2D eigenvalue weighted by Gasteiger charge is 2.32. The second-order valence-electron chi connectivity index (χ2n) is 15.1. The molecule has 0 saturated heterocycles. The van der Waals surface area contributed by atoms with Gasteiger partial charge in [0.2, 0.25) is 0 Å². The zero-order chi connectivity index (χ0) is 34.6. The molecule has 0 fully saturated rings. The molecule has 0 aromatic carbocycles. The van der Waals surface area contributed by atoms with Crippen molar-refractivity contribution in [3.8, 4) is 0 Å². The summed E-state index contributed by atoms with van der Waals surface area (Å²) in [6.07, 6.45) is 39.6. The van der Waals surface area contributed by atoms with Crippen LogP contribution in [0, 0.1) is 5.92 Å². The quantitative estimate of drug-likeness (QED) is 0.0386. The van der Waals surface area contributed by atoms with Gasteiger partial charge >= 0.3 is 0 Å². The topological polar surface area (TPSA) is 104 Å². The zero-order valence-corrected chi connectivity index (χ0v) is 31.9. The molecule has 5 heteroatoms. The molecule has 0 amide bonds. The van der Waals surface area contributed by atoms with E-state index < -0.39 is 24.4 Å². The molecule has 0 bridgehead atoms. The molecule has 0 saturated carbocycles. The van der Waals surface area contributed by atoms with E-state index in [0.717, 1.165) is 32.1 Å². The van der Waals surface area contributed by atoms with E-state index in [1.165, 1.54) is 173 Å². The van der Waals surface area contributed by atoms with Gasteiger partial charge in [0.1, 0.15) is 12.0 Å². The first-order valence-corrected chi connectivity index (χ1v) is 21.3. The van der Waals surface area contributed by atoms with E-state index in [-0.39, 0.29) is 12.2 Å². The lowest BCUT2D eigenvalue weighted by atomic mass is 9.88. The highest BCUT2D eigenvalue weighted by atomic mass is 16.3. The first-order valence-electron chi connectivity index (χ1n) is 21.3. The largest absolute Gasteiger partial charge is 0.393 e. The highest BCUT2D eigenvalue weighted by molar-refractivity contribution is 5.82. The number of Topliss-reactive ketones (excluding diaryl/α,β-unsaturated/α-hetero) is 1. The molecule has 0 radical (unpaired) electrons. The number of ketones is 1. The Morgan fingerprint density at radius 2 is 0.681 bits per heavy atom. The van der Waals surface area contributed by atoms with Crippen molar-refractivity contribution in [3.05, 3.63) is 0 Å². The number of aliphatic hydroxyl groups is 3. The minimum atomic E-state index is -1.39. The second kappa shape index (κ2) is 36.8. The van der Waals surface area contributed by atoms with Crippen molar-refractivity contribution in [1.82, 2.24) is 0 Å². The summed E-state index contributed by atoms with van der Waals surface area (Å²) >= 11 is 0. The van der Waals surface area contributed by atoms with Crippen LogP contribution in [0.4, 0.5) is 0 Å². The minimum Gasteiger partial charge on any atom is -0.393 e. The zero-order valence-electron chi connectivity index (χ0n) is 31.9. The number of carbonyl (C=O) groups excluding carboxylic acids is 1. The lowest BCUT2D eigenvalue weighted by Crippen LogP contribution is -2.44. The fourth-order valence-corrected chi connectivity index (χ4v) is 7.11. The summed E-state index contributed by atoms with van der Waals surface area (Å²) in [4.78, 5) is 12.8. The molecule has 0 aliphatic carbocycles. The van der Waals surface area contributed by atoms with Gasteiger partial charge in [-0.1, -0.05) is 219 Å². The van der Waals surface area contributed by atoms with Crippen LogP contribution in [0.25, 0.3) is 0 Å². The van der Waals surface area contributed by atoms with Crippen molar-refractivity contribution >= 4 is 5.78 Å². The SMILES string of the molecule is CCCCCCCCCCCCCCCCCCCCCC(O)CC(=O)C(C(N)O)C(O)CCCCCCCCCCCCCCC. The Morgan fingerprint density at radius 1 is 0.426 bits per heavy atom. The Bertz CT molecular complexity index is 628. The molecule has 4 atom stereocenters. The molecule has 47 heavy (non-hydrogen) atoms. The lowest BCUT2D eigenvalue weighted by molar-refractivity contribution is -0.133. The molecular formula is C42H85NO4. The highest BCUT2D eigenvalue weighted by Crippen LogP contribution is 2.21. The van der Waals surface area contributed by atoms with E-state index in [1.807, 2.05) is 0 Å². The third-order valence-corrected chi connectivity index (χ3v) is 10.3. The van der Waals surface area contributed by atoms with Gasteiger partial charge in [-0.25, -0.2) is 0 Å². The maximum absolute atomic E-state index is 12.8. The van der Waals surface area contributed by atoms with Gasteiger partial charge in [-0.3, -0.25) is 4.79 Å².